The van der Waals surface area contributed by atoms with Crippen LogP contribution >= 0.6 is 0 Å². The third-order valence-corrected chi connectivity index (χ3v) is 3.58. The number of carbonyl (C=O) groups is 1. The number of rotatable bonds is 6. The lowest BCUT2D eigenvalue weighted by molar-refractivity contribution is -0.119. The molecule has 1 unspecified atom stereocenters. The van der Waals surface area contributed by atoms with Crippen LogP contribution in [0.4, 0.5) is 5.69 Å². The van der Waals surface area contributed by atoms with E-state index in [0.717, 1.165) is 24.2 Å². The molecule has 1 aromatic rings. The third kappa shape index (κ3) is 2.41. The molecule has 3 heteroatoms. The second-order valence-corrected chi connectivity index (χ2v) is 4.83. The highest BCUT2D eigenvalue weighted by molar-refractivity contribution is 6.04. The molecule has 1 N–H and O–H groups in total. The average molecular weight is 246 g/mol. The van der Waals surface area contributed by atoms with E-state index in [2.05, 4.69) is 12.2 Å². The summed E-state index contributed by atoms with van der Waals surface area (Å²) in [7, 11) is 1.85. The Morgan fingerprint density at radius 3 is 2.72 bits per heavy atom. The molecule has 2 rings (SSSR count). The lowest BCUT2D eigenvalue weighted by atomic mass is 10.1. The second kappa shape index (κ2) is 6.01. The van der Waals surface area contributed by atoms with Crippen molar-refractivity contribution < 1.29 is 4.79 Å². The predicted octanol–water partition coefficient (Wildman–Crippen LogP) is 2.87. The highest BCUT2D eigenvalue weighted by Crippen LogP contribution is 2.35. The Morgan fingerprint density at radius 2 is 2.00 bits per heavy atom. The van der Waals surface area contributed by atoms with Crippen molar-refractivity contribution in [2.45, 2.75) is 38.6 Å². The Morgan fingerprint density at radius 1 is 1.22 bits per heavy atom. The van der Waals surface area contributed by atoms with Crippen molar-refractivity contribution >= 4 is 11.6 Å². The predicted molar refractivity (Wildman–Crippen MR) is 74.7 cm³/mol. The van der Waals surface area contributed by atoms with Crippen molar-refractivity contribution in [3.63, 3.8) is 0 Å². The van der Waals surface area contributed by atoms with E-state index in [1.54, 1.807) is 0 Å². The van der Waals surface area contributed by atoms with Crippen LogP contribution in [0, 0.1) is 0 Å². The summed E-state index contributed by atoms with van der Waals surface area (Å²) in [5, 5.41) is 3.11. The van der Waals surface area contributed by atoms with E-state index in [0.29, 0.717) is 0 Å². The highest BCUT2D eigenvalue weighted by Gasteiger charge is 2.35. The quantitative estimate of drug-likeness (QED) is 0.783. The number of para-hydroxylation sites is 1. The summed E-state index contributed by atoms with van der Waals surface area (Å²) in [6, 6.07) is 7.93. The van der Waals surface area contributed by atoms with Gasteiger partial charge in [0.25, 0.3) is 0 Å². The van der Waals surface area contributed by atoms with Crippen molar-refractivity contribution in [2.24, 2.45) is 0 Å². The molecule has 0 radical (unpaired) electrons. The van der Waals surface area contributed by atoms with Gasteiger partial charge in [-0.15, -0.1) is 0 Å². The van der Waals surface area contributed by atoms with Crippen LogP contribution in [0.15, 0.2) is 24.3 Å². The van der Waals surface area contributed by atoms with Gasteiger partial charge in [0.1, 0.15) is 6.04 Å². The molecule has 0 aromatic heterocycles. The Labute approximate surface area is 109 Å². The van der Waals surface area contributed by atoms with Gasteiger partial charge in [-0.1, -0.05) is 44.4 Å². The number of hydrogen-bond donors (Lipinski definition) is 1. The van der Waals surface area contributed by atoms with Gasteiger partial charge in [-0.25, -0.2) is 0 Å². The number of nitrogens with zero attached hydrogens (tertiary/aromatic N) is 1. The van der Waals surface area contributed by atoms with Crippen LogP contribution < -0.4 is 10.2 Å². The van der Waals surface area contributed by atoms with Gasteiger partial charge in [0.05, 0.1) is 0 Å². The summed E-state index contributed by atoms with van der Waals surface area (Å²) in [5.74, 6) is 0.190. The van der Waals surface area contributed by atoms with Gasteiger partial charge in [-0.3, -0.25) is 4.79 Å². The van der Waals surface area contributed by atoms with Crippen LogP contribution in [0.3, 0.4) is 0 Å². The van der Waals surface area contributed by atoms with Crippen LogP contribution in [0.2, 0.25) is 0 Å². The maximum atomic E-state index is 12.3. The van der Waals surface area contributed by atoms with Crippen LogP contribution in [0.5, 0.6) is 0 Å². The van der Waals surface area contributed by atoms with Gasteiger partial charge in [-0.2, -0.15) is 0 Å². The smallest absolute Gasteiger partial charge is 0.248 e. The maximum absolute atomic E-state index is 12.3. The van der Waals surface area contributed by atoms with Crippen LogP contribution in [0.25, 0.3) is 0 Å². The molecule has 0 saturated heterocycles. The first-order valence-corrected chi connectivity index (χ1v) is 6.87. The van der Waals surface area contributed by atoms with Crippen molar-refractivity contribution in [1.29, 1.82) is 0 Å². The van der Waals surface area contributed by atoms with Crippen molar-refractivity contribution in [1.82, 2.24) is 5.32 Å². The molecule has 1 atom stereocenters. The first kappa shape index (κ1) is 13.1. The summed E-state index contributed by atoms with van der Waals surface area (Å²) in [5.41, 5.74) is 2.19. The first-order valence-electron chi connectivity index (χ1n) is 6.87. The van der Waals surface area contributed by atoms with Gasteiger partial charge in [0.2, 0.25) is 5.91 Å². The SMILES string of the molecule is CCCCCCN1C(=O)C(NC)c2ccccc21. The van der Waals surface area contributed by atoms with Gasteiger partial charge in [0, 0.05) is 17.8 Å². The molecule has 1 heterocycles. The number of carbonyl (C=O) groups excluding carboxylic acids is 1. The highest BCUT2D eigenvalue weighted by atomic mass is 16.2. The summed E-state index contributed by atoms with van der Waals surface area (Å²) in [6.45, 7) is 3.04. The summed E-state index contributed by atoms with van der Waals surface area (Å²) in [6.07, 6.45) is 4.76. The number of unbranched alkanes of at least 4 members (excludes halogenated alkanes) is 3. The van der Waals surface area contributed by atoms with Gasteiger partial charge in [-0.05, 0) is 19.5 Å². The molecule has 0 bridgehead atoms. The van der Waals surface area contributed by atoms with Gasteiger partial charge >= 0.3 is 0 Å². The van der Waals surface area contributed by atoms with E-state index in [-0.39, 0.29) is 11.9 Å². The Kier molecular flexibility index (Phi) is 4.37. The molecule has 1 aliphatic rings. The number of anilines is 1. The van der Waals surface area contributed by atoms with E-state index in [1.807, 2.05) is 36.2 Å². The largest absolute Gasteiger partial charge is 0.310 e. The fraction of sp³-hybridized carbons (Fsp3) is 0.533. The summed E-state index contributed by atoms with van der Waals surface area (Å²) < 4.78 is 0. The van der Waals surface area contributed by atoms with Crippen LogP contribution in [0.1, 0.15) is 44.2 Å². The number of benzene rings is 1. The molecule has 18 heavy (non-hydrogen) atoms. The zero-order chi connectivity index (χ0) is 13.0. The van der Waals surface area contributed by atoms with Gasteiger partial charge < -0.3 is 10.2 Å². The third-order valence-electron chi connectivity index (χ3n) is 3.58. The van der Waals surface area contributed by atoms with Gasteiger partial charge in [0.15, 0.2) is 0 Å². The molecular weight excluding hydrogens is 224 g/mol. The van der Waals surface area contributed by atoms with Crippen molar-refractivity contribution in [2.75, 3.05) is 18.5 Å². The minimum atomic E-state index is -0.160. The molecule has 0 spiro atoms. The molecule has 0 fully saturated rings. The number of amides is 1. The van der Waals surface area contributed by atoms with E-state index in [9.17, 15) is 4.79 Å². The topological polar surface area (TPSA) is 32.3 Å². The number of hydrogen-bond acceptors (Lipinski definition) is 2. The zero-order valence-electron chi connectivity index (χ0n) is 11.3. The Balaban J connectivity index is 2.09. The minimum absolute atomic E-state index is 0.160. The molecule has 0 aliphatic carbocycles. The lowest BCUT2D eigenvalue weighted by Gasteiger charge is -2.17. The molecule has 98 valence electrons. The maximum Gasteiger partial charge on any atom is 0.248 e. The molecular formula is C15H22N2O. The Bertz CT molecular complexity index is 417. The van der Waals surface area contributed by atoms with Crippen molar-refractivity contribution in [3.05, 3.63) is 29.8 Å². The van der Waals surface area contributed by atoms with E-state index in [1.165, 1.54) is 19.3 Å². The van der Waals surface area contributed by atoms with E-state index in [4.69, 9.17) is 0 Å². The zero-order valence-corrected chi connectivity index (χ0v) is 11.3. The Hall–Kier alpha value is -1.35. The molecule has 3 nitrogen and oxygen atoms in total. The number of nitrogens with one attached hydrogen (secondary N) is 1. The average Bonchev–Trinajstić information content (AvgIpc) is 2.67. The second-order valence-electron chi connectivity index (χ2n) is 4.83. The fourth-order valence-electron chi connectivity index (χ4n) is 2.59. The van der Waals surface area contributed by atoms with E-state index < -0.39 is 0 Å². The molecule has 1 aliphatic heterocycles. The van der Waals surface area contributed by atoms with Crippen LogP contribution in [-0.2, 0) is 4.79 Å². The lowest BCUT2D eigenvalue weighted by Crippen LogP contribution is -2.33. The van der Waals surface area contributed by atoms with Crippen LogP contribution in [-0.4, -0.2) is 19.5 Å². The number of fused-ring (bicyclic) bond motifs is 1. The standard InChI is InChI=1S/C15H22N2O/c1-3-4-5-8-11-17-13-10-7-6-9-12(13)14(16-2)15(17)18/h6-7,9-10,14,16H,3-5,8,11H2,1-2H3. The monoisotopic (exact) mass is 246 g/mol. The number of likely N-dealkylation sites (N-methyl/N-ethyl adjacent to an activating group) is 1. The summed E-state index contributed by atoms with van der Waals surface area (Å²) in [4.78, 5) is 14.3. The molecule has 1 amide bonds. The molecule has 1 aromatic carbocycles. The summed E-state index contributed by atoms with van der Waals surface area (Å²) >= 11 is 0. The molecule has 0 saturated carbocycles. The fourth-order valence-corrected chi connectivity index (χ4v) is 2.59. The van der Waals surface area contributed by atoms with Crippen molar-refractivity contribution in [3.8, 4) is 0 Å². The normalized spacial score (nSPS) is 18.2. The van der Waals surface area contributed by atoms with E-state index >= 15 is 0 Å². The minimum Gasteiger partial charge on any atom is -0.310 e. The first-order chi connectivity index (χ1) is 8.79.